The Morgan fingerprint density at radius 2 is 1.49 bits per heavy atom. The number of hydrogen-bond donors (Lipinski definition) is 2. The molecule has 0 heterocycles. The molecule has 7 nitrogen and oxygen atoms in total. The van der Waals surface area contributed by atoms with Crippen LogP contribution in [-0.2, 0) is 23.0 Å². The van der Waals surface area contributed by atoms with E-state index in [-0.39, 0.29) is 22.5 Å². The highest BCUT2D eigenvalue weighted by molar-refractivity contribution is 7.89. The van der Waals surface area contributed by atoms with Crippen LogP contribution in [0.5, 0.6) is 5.75 Å². The van der Waals surface area contributed by atoms with Gasteiger partial charge in [0.15, 0.2) is 5.11 Å². The Labute approximate surface area is 234 Å². The molecule has 4 aromatic carbocycles. The second-order valence-electron chi connectivity index (χ2n) is 8.79. The van der Waals surface area contributed by atoms with E-state index in [1.54, 1.807) is 43.4 Å². The molecule has 0 atom stereocenters. The Bertz CT molecular complexity index is 1510. The first kappa shape index (κ1) is 28.0. The van der Waals surface area contributed by atoms with Crippen LogP contribution in [0.2, 0.25) is 0 Å². The van der Waals surface area contributed by atoms with Crippen LogP contribution in [0.15, 0.2) is 114 Å². The summed E-state index contributed by atoms with van der Waals surface area (Å²) < 4.78 is 33.0. The van der Waals surface area contributed by atoms with E-state index in [1.807, 2.05) is 60.7 Å². The molecule has 4 rings (SSSR count). The summed E-state index contributed by atoms with van der Waals surface area (Å²) in [6, 6.07) is 32.5. The highest BCUT2D eigenvalue weighted by Crippen LogP contribution is 2.19. The molecule has 0 bridgehead atoms. The van der Waals surface area contributed by atoms with Gasteiger partial charge in [0.05, 0.1) is 11.5 Å². The lowest BCUT2D eigenvalue weighted by molar-refractivity contribution is 0.0977. The standard InChI is InChI=1S/C30H29N3O4S2/c1-33(22-24-11-6-3-7-12-24)39(35,36)28-17-15-26(16-18-28)31-30(38)32-29(34)25-13-8-14-27(21-25)37-20-19-23-9-4-2-5-10-23/h2-18,21H,19-20,22H2,1H3,(H2,31,32,34,38). The van der Waals surface area contributed by atoms with Crippen LogP contribution in [0.3, 0.4) is 0 Å². The quantitative estimate of drug-likeness (QED) is 0.258. The van der Waals surface area contributed by atoms with Gasteiger partial charge in [-0.1, -0.05) is 66.7 Å². The highest BCUT2D eigenvalue weighted by Gasteiger charge is 2.21. The smallest absolute Gasteiger partial charge is 0.257 e. The number of thiocarbonyl (C=S) groups is 1. The second-order valence-corrected chi connectivity index (χ2v) is 11.2. The molecular formula is C30H29N3O4S2. The van der Waals surface area contributed by atoms with E-state index in [0.717, 1.165) is 12.0 Å². The zero-order valence-electron chi connectivity index (χ0n) is 21.4. The summed E-state index contributed by atoms with van der Waals surface area (Å²) in [6.07, 6.45) is 0.759. The average molecular weight is 560 g/mol. The molecule has 0 saturated carbocycles. The molecule has 0 radical (unpaired) electrons. The molecule has 4 aromatic rings. The number of ether oxygens (including phenoxy) is 1. The lowest BCUT2D eigenvalue weighted by Gasteiger charge is -2.18. The fraction of sp³-hybridized carbons (Fsp3) is 0.133. The SMILES string of the molecule is CN(Cc1ccccc1)S(=O)(=O)c1ccc(NC(=S)NC(=O)c2cccc(OCCc3ccccc3)c2)cc1. The van der Waals surface area contributed by atoms with Crippen LogP contribution in [0.4, 0.5) is 5.69 Å². The van der Waals surface area contributed by atoms with E-state index >= 15 is 0 Å². The van der Waals surface area contributed by atoms with Crippen molar-refractivity contribution in [3.63, 3.8) is 0 Å². The summed E-state index contributed by atoms with van der Waals surface area (Å²) in [5, 5.41) is 5.65. The minimum absolute atomic E-state index is 0.0900. The Balaban J connectivity index is 1.29. The summed E-state index contributed by atoms with van der Waals surface area (Å²) >= 11 is 5.29. The number of rotatable bonds is 10. The van der Waals surface area contributed by atoms with E-state index in [4.69, 9.17) is 17.0 Å². The maximum Gasteiger partial charge on any atom is 0.257 e. The zero-order chi connectivity index (χ0) is 27.7. The molecular weight excluding hydrogens is 530 g/mol. The van der Waals surface area contributed by atoms with Crippen LogP contribution >= 0.6 is 12.2 Å². The van der Waals surface area contributed by atoms with Gasteiger partial charge in [0, 0.05) is 31.3 Å². The van der Waals surface area contributed by atoms with Crippen molar-refractivity contribution in [3.8, 4) is 5.75 Å². The first-order chi connectivity index (χ1) is 18.8. The largest absolute Gasteiger partial charge is 0.493 e. The number of hydrogen-bond acceptors (Lipinski definition) is 5. The molecule has 200 valence electrons. The third kappa shape index (κ3) is 7.97. The van der Waals surface area contributed by atoms with Gasteiger partial charge in [0.2, 0.25) is 10.0 Å². The summed E-state index contributed by atoms with van der Waals surface area (Å²) in [5.74, 6) is 0.203. The predicted molar refractivity (Wildman–Crippen MR) is 157 cm³/mol. The van der Waals surface area contributed by atoms with Crippen LogP contribution in [0.1, 0.15) is 21.5 Å². The lowest BCUT2D eigenvalue weighted by Crippen LogP contribution is -2.34. The topological polar surface area (TPSA) is 87.7 Å². The summed E-state index contributed by atoms with van der Waals surface area (Å²) in [4.78, 5) is 12.9. The predicted octanol–water partition coefficient (Wildman–Crippen LogP) is 5.26. The number of amides is 1. The van der Waals surface area contributed by atoms with Gasteiger partial charge in [-0.15, -0.1) is 0 Å². The van der Waals surface area contributed by atoms with Crippen molar-refractivity contribution < 1.29 is 17.9 Å². The molecule has 0 aliphatic carbocycles. The lowest BCUT2D eigenvalue weighted by atomic mass is 10.2. The van der Waals surface area contributed by atoms with Crippen LogP contribution in [0.25, 0.3) is 0 Å². The van der Waals surface area contributed by atoms with E-state index in [0.29, 0.717) is 23.6 Å². The van der Waals surface area contributed by atoms with Crippen molar-refractivity contribution in [3.05, 3.63) is 126 Å². The van der Waals surface area contributed by atoms with E-state index in [1.165, 1.54) is 22.0 Å². The summed E-state index contributed by atoms with van der Waals surface area (Å²) in [5.41, 5.74) is 3.02. The molecule has 0 fully saturated rings. The molecule has 39 heavy (non-hydrogen) atoms. The van der Waals surface area contributed by atoms with Crippen LogP contribution in [0, 0.1) is 0 Å². The molecule has 0 aliphatic rings. The second kappa shape index (κ2) is 13.1. The van der Waals surface area contributed by atoms with Crippen molar-refractivity contribution >= 4 is 38.9 Å². The van der Waals surface area contributed by atoms with E-state index in [2.05, 4.69) is 10.6 Å². The zero-order valence-corrected chi connectivity index (χ0v) is 23.0. The maximum absolute atomic E-state index is 13.0. The van der Waals surface area contributed by atoms with Crippen molar-refractivity contribution in [2.45, 2.75) is 17.9 Å². The first-order valence-electron chi connectivity index (χ1n) is 12.3. The fourth-order valence-corrected chi connectivity index (χ4v) is 5.18. The molecule has 2 N–H and O–H groups in total. The summed E-state index contributed by atoms with van der Waals surface area (Å²) in [7, 11) is -2.13. The van der Waals surface area contributed by atoms with Gasteiger partial charge in [0.1, 0.15) is 5.75 Å². The number of sulfonamides is 1. The maximum atomic E-state index is 13.0. The Morgan fingerprint density at radius 3 is 2.15 bits per heavy atom. The molecule has 9 heteroatoms. The third-order valence-electron chi connectivity index (χ3n) is 5.89. The van der Waals surface area contributed by atoms with E-state index in [9.17, 15) is 13.2 Å². The van der Waals surface area contributed by atoms with Gasteiger partial charge in [-0.25, -0.2) is 8.42 Å². The molecule has 0 saturated heterocycles. The molecule has 0 unspecified atom stereocenters. The van der Waals surface area contributed by atoms with Gasteiger partial charge < -0.3 is 10.1 Å². The number of carbonyl (C=O) groups is 1. The number of benzene rings is 4. The normalized spacial score (nSPS) is 11.1. The molecule has 0 aromatic heterocycles. The van der Waals surface area contributed by atoms with Crippen LogP contribution in [-0.4, -0.2) is 37.4 Å². The van der Waals surface area contributed by atoms with Crippen molar-refractivity contribution in [1.82, 2.24) is 9.62 Å². The number of nitrogens with one attached hydrogen (secondary N) is 2. The fourth-order valence-electron chi connectivity index (χ4n) is 3.81. The van der Waals surface area contributed by atoms with Gasteiger partial charge in [-0.05, 0) is 65.8 Å². The third-order valence-corrected chi connectivity index (χ3v) is 7.92. The van der Waals surface area contributed by atoms with E-state index < -0.39 is 10.0 Å². The first-order valence-corrected chi connectivity index (χ1v) is 14.2. The summed E-state index contributed by atoms with van der Waals surface area (Å²) in [6.45, 7) is 0.751. The van der Waals surface area contributed by atoms with Crippen LogP contribution < -0.4 is 15.4 Å². The number of anilines is 1. The average Bonchev–Trinajstić information content (AvgIpc) is 2.94. The number of nitrogens with zero attached hydrogens (tertiary/aromatic N) is 1. The van der Waals surface area contributed by atoms with Gasteiger partial charge in [-0.2, -0.15) is 4.31 Å². The van der Waals surface area contributed by atoms with Crippen molar-refractivity contribution in [1.29, 1.82) is 0 Å². The Kier molecular flexibility index (Phi) is 9.43. The van der Waals surface area contributed by atoms with Crippen molar-refractivity contribution in [2.75, 3.05) is 19.0 Å². The minimum Gasteiger partial charge on any atom is -0.493 e. The molecule has 1 amide bonds. The molecule has 0 spiro atoms. The Hall–Kier alpha value is -4.05. The molecule has 0 aliphatic heterocycles. The minimum atomic E-state index is -3.67. The van der Waals surface area contributed by atoms with Crippen molar-refractivity contribution in [2.24, 2.45) is 0 Å². The monoisotopic (exact) mass is 559 g/mol. The van der Waals surface area contributed by atoms with Gasteiger partial charge in [0.25, 0.3) is 5.91 Å². The van der Waals surface area contributed by atoms with Gasteiger partial charge >= 0.3 is 0 Å². The van der Waals surface area contributed by atoms with Gasteiger partial charge in [-0.3, -0.25) is 10.1 Å². The number of carbonyl (C=O) groups excluding carboxylic acids is 1. The highest BCUT2D eigenvalue weighted by atomic mass is 32.2. The Morgan fingerprint density at radius 1 is 0.846 bits per heavy atom.